The molecule has 0 aromatic carbocycles. The lowest BCUT2D eigenvalue weighted by molar-refractivity contribution is 0.474. The van der Waals surface area contributed by atoms with Crippen LogP contribution in [0.4, 0.5) is 0 Å². The third-order valence-corrected chi connectivity index (χ3v) is 5.87. The third kappa shape index (κ3) is 3.05. The Balaban J connectivity index is 1.65. The summed E-state index contributed by atoms with van der Waals surface area (Å²) in [6, 6.07) is 0.545. The van der Waals surface area contributed by atoms with Crippen molar-refractivity contribution in [2.24, 2.45) is 5.41 Å². The molecular weight excluding hydrogens is 276 g/mol. The number of nitrogens with zero attached hydrogens (tertiary/aromatic N) is 1. The summed E-state index contributed by atoms with van der Waals surface area (Å²) in [4.78, 5) is 0. The second-order valence-electron chi connectivity index (χ2n) is 6.06. The van der Waals surface area contributed by atoms with Crippen molar-refractivity contribution in [3.63, 3.8) is 0 Å². The Morgan fingerprint density at radius 2 is 2.20 bits per heavy atom. The highest BCUT2D eigenvalue weighted by Crippen LogP contribution is 2.48. The van der Waals surface area contributed by atoms with E-state index in [4.69, 9.17) is 0 Å². The normalized spacial score (nSPS) is 21.1. The van der Waals surface area contributed by atoms with E-state index in [1.165, 1.54) is 12.8 Å². The van der Waals surface area contributed by atoms with Crippen molar-refractivity contribution in [2.45, 2.75) is 56.6 Å². The molecule has 1 aromatic rings. The van der Waals surface area contributed by atoms with Crippen LogP contribution in [0.5, 0.6) is 0 Å². The number of aromatic nitrogens is 2. The second-order valence-corrected chi connectivity index (χ2v) is 7.76. The fourth-order valence-electron chi connectivity index (χ4n) is 2.35. The van der Waals surface area contributed by atoms with Crippen LogP contribution in [-0.4, -0.2) is 31.2 Å². The van der Waals surface area contributed by atoms with Crippen molar-refractivity contribution in [2.75, 3.05) is 6.54 Å². The zero-order valence-electron chi connectivity index (χ0n) is 11.8. The Bertz CT molecular complexity index is 573. The molecule has 112 valence electrons. The number of hydrogen-bond acceptors (Lipinski definition) is 4. The number of aromatic amines is 1. The fourth-order valence-corrected chi connectivity index (χ4v) is 3.64. The average molecular weight is 298 g/mol. The topological polar surface area (TPSA) is 86.9 Å². The molecule has 0 saturated heterocycles. The largest absolute Gasteiger partial charge is 0.310 e. The minimum atomic E-state index is -3.49. The number of nitrogens with one attached hydrogen (secondary N) is 3. The van der Waals surface area contributed by atoms with Crippen molar-refractivity contribution >= 4 is 10.0 Å². The zero-order chi connectivity index (χ0) is 14.2. The van der Waals surface area contributed by atoms with E-state index in [1.807, 2.05) is 0 Å². The molecule has 2 aliphatic carbocycles. The summed E-state index contributed by atoms with van der Waals surface area (Å²) >= 11 is 0. The monoisotopic (exact) mass is 298 g/mol. The predicted molar refractivity (Wildman–Crippen MR) is 75.6 cm³/mol. The van der Waals surface area contributed by atoms with Gasteiger partial charge in [0.1, 0.15) is 0 Å². The predicted octanol–water partition coefficient (Wildman–Crippen LogP) is 1.13. The summed E-state index contributed by atoms with van der Waals surface area (Å²) < 4.78 is 27.4. The zero-order valence-corrected chi connectivity index (χ0v) is 12.6. The Morgan fingerprint density at radius 3 is 2.80 bits per heavy atom. The number of sulfonamides is 1. The number of rotatable bonds is 8. The molecule has 1 aromatic heterocycles. The molecule has 3 rings (SSSR count). The molecule has 20 heavy (non-hydrogen) atoms. The summed E-state index contributed by atoms with van der Waals surface area (Å²) in [7, 11) is -3.49. The van der Waals surface area contributed by atoms with Gasteiger partial charge in [-0.3, -0.25) is 5.10 Å². The summed E-state index contributed by atoms with van der Waals surface area (Å²) in [6.45, 7) is 3.19. The van der Waals surface area contributed by atoms with Crippen LogP contribution in [0.2, 0.25) is 0 Å². The first kappa shape index (κ1) is 14.0. The summed E-state index contributed by atoms with van der Waals surface area (Å²) in [5, 5.41) is 10.0. The van der Waals surface area contributed by atoms with E-state index < -0.39 is 10.0 Å². The first-order chi connectivity index (χ1) is 9.55. The van der Waals surface area contributed by atoms with Gasteiger partial charge in [0, 0.05) is 24.7 Å². The fraction of sp³-hybridized carbons (Fsp3) is 0.769. The van der Waals surface area contributed by atoms with Crippen LogP contribution in [0, 0.1) is 5.41 Å². The highest BCUT2D eigenvalue weighted by atomic mass is 32.2. The highest BCUT2D eigenvalue weighted by Gasteiger charge is 2.41. The van der Waals surface area contributed by atoms with E-state index in [9.17, 15) is 8.42 Å². The quantitative estimate of drug-likeness (QED) is 0.671. The highest BCUT2D eigenvalue weighted by molar-refractivity contribution is 7.89. The van der Waals surface area contributed by atoms with Crippen molar-refractivity contribution in [1.82, 2.24) is 20.2 Å². The smallest absolute Gasteiger partial charge is 0.257 e. The SMILES string of the molecule is CCC1(CNS(=O)(=O)c2[nH]ncc2CNC2CC2)CC1. The van der Waals surface area contributed by atoms with Crippen molar-refractivity contribution in [1.29, 1.82) is 0 Å². The third-order valence-electron chi connectivity index (χ3n) is 4.45. The maximum Gasteiger partial charge on any atom is 0.257 e. The maximum atomic E-state index is 12.4. The van der Waals surface area contributed by atoms with Crippen LogP contribution in [0.3, 0.4) is 0 Å². The minimum absolute atomic E-state index is 0.194. The van der Waals surface area contributed by atoms with Crippen LogP contribution in [0.15, 0.2) is 11.2 Å². The van der Waals surface area contributed by atoms with E-state index in [0.717, 1.165) is 19.3 Å². The van der Waals surface area contributed by atoms with Crippen molar-refractivity contribution in [3.8, 4) is 0 Å². The van der Waals surface area contributed by atoms with Gasteiger partial charge in [-0.2, -0.15) is 5.10 Å². The molecule has 0 spiro atoms. The summed E-state index contributed by atoms with van der Waals surface area (Å²) in [5.74, 6) is 0. The summed E-state index contributed by atoms with van der Waals surface area (Å²) in [5.41, 5.74) is 0.908. The first-order valence-corrected chi connectivity index (χ1v) is 8.78. The van der Waals surface area contributed by atoms with Gasteiger partial charge in [-0.15, -0.1) is 0 Å². The summed E-state index contributed by atoms with van der Waals surface area (Å²) in [6.07, 6.45) is 7.20. The van der Waals surface area contributed by atoms with Gasteiger partial charge >= 0.3 is 0 Å². The van der Waals surface area contributed by atoms with Gasteiger partial charge in [-0.25, -0.2) is 13.1 Å². The van der Waals surface area contributed by atoms with Gasteiger partial charge in [0.25, 0.3) is 10.0 Å². The number of hydrogen-bond donors (Lipinski definition) is 3. The molecular formula is C13H22N4O2S. The lowest BCUT2D eigenvalue weighted by Crippen LogP contribution is -2.31. The number of H-pyrrole nitrogens is 1. The van der Waals surface area contributed by atoms with Crippen molar-refractivity contribution in [3.05, 3.63) is 11.8 Å². The van der Waals surface area contributed by atoms with E-state index >= 15 is 0 Å². The molecule has 0 aliphatic heterocycles. The molecule has 0 bridgehead atoms. The minimum Gasteiger partial charge on any atom is -0.310 e. The van der Waals surface area contributed by atoms with E-state index in [-0.39, 0.29) is 10.4 Å². The van der Waals surface area contributed by atoms with Crippen molar-refractivity contribution < 1.29 is 8.42 Å². The lowest BCUT2D eigenvalue weighted by Gasteiger charge is -2.13. The molecule has 3 N–H and O–H groups in total. The van der Waals surface area contributed by atoms with Gasteiger partial charge in [0.05, 0.1) is 6.20 Å². The Kier molecular flexibility index (Phi) is 3.60. The lowest BCUT2D eigenvalue weighted by atomic mass is 10.1. The van der Waals surface area contributed by atoms with Crippen LogP contribution in [-0.2, 0) is 16.6 Å². The van der Waals surface area contributed by atoms with Gasteiger partial charge < -0.3 is 5.32 Å². The van der Waals surface area contributed by atoms with E-state index in [2.05, 4.69) is 27.2 Å². The van der Waals surface area contributed by atoms with Crippen LogP contribution in [0.25, 0.3) is 0 Å². The van der Waals surface area contributed by atoms with Gasteiger partial charge in [-0.1, -0.05) is 6.92 Å². The van der Waals surface area contributed by atoms with Crippen LogP contribution < -0.4 is 10.0 Å². The Labute approximate surface area is 119 Å². The van der Waals surface area contributed by atoms with Crippen LogP contribution in [0.1, 0.15) is 44.6 Å². The van der Waals surface area contributed by atoms with Crippen LogP contribution >= 0.6 is 0 Å². The molecule has 6 nitrogen and oxygen atoms in total. The first-order valence-electron chi connectivity index (χ1n) is 7.30. The van der Waals surface area contributed by atoms with Gasteiger partial charge in [0.2, 0.25) is 0 Å². The molecule has 1 heterocycles. The molecule has 0 unspecified atom stereocenters. The molecule has 7 heteroatoms. The van der Waals surface area contributed by atoms with Gasteiger partial charge in [-0.05, 0) is 37.5 Å². The molecule has 2 saturated carbocycles. The Hall–Kier alpha value is -0.920. The maximum absolute atomic E-state index is 12.4. The molecule has 0 radical (unpaired) electrons. The van der Waals surface area contributed by atoms with E-state index in [1.54, 1.807) is 6.20 Å². The average Bonchev–Trinajstić information content (AvgIpc) is 3.35. The second kappa shape index (κ2) is 5.13. The van der Waals surface area contributed by atoms with E-state index in [0.29, 0.717) is 24.7 Å². The standard InChI is InChI=1S/C13H22N4O2S/c1-2-13(5-6-13)9-16-20(18,19)12-10(8-15-17-12)7-14-11-3-4-11/h8,11,14,16H,2-7,9H2,1H3,(H,15,17). The molecule has 2 fully saturated rings. The van der Waals surface area contributed by atoms with Gasteiger partial charge in [0.15, 0.2) is 5.03 Å². The Morgan fingerprint density at radius 1 is 1.45 bits per heavy atom. The molecule has 0 atom stereocenters. The molecule has 0 amide bonds. The molecule has 2 aliphatic rings.